The Morgan fingerprint density at radius 1 is 1.31 bits per heavy atom. The van der Waals surface area contributed by atoms with Crippen LogP contribution in [0.2, 0.25) is 0 Å². The van der Waals surface area contributed by atoms with Gasteiger partial charge in [-0.05, 0) is 20.8 Å². The maximum absolute atomic E-state index is 11.5. The van der Waals surface area contributed by atoms with Crippen molar-refractivity contribution in [3.05, 3.63) is 0 Å². The maximum Gasteiger partial charge on any atom is 0.410 e. The van der Waals surface area contributed by atoms with Crippen LogP contribution in [-0.4, -0.2) is 54.5 Å². The maximum atomic E-state index is 11.5. The molecule has 0 aromatic heterocycles. The normalized spacial score (nSPS) is 10.1. The second kappa shape index (κ2) is 7.92. The third-order valence-electron chi connectivity index (χ3n) is 1.78. The van der Waals surface area contributed by atoms with Gasteiger partial charge >= 0.3 is 12.1 Å². The molecule has 0 radical (unpaired) electrons. The van der Waals surface area contributed by atoms with Crippen LogP contribution in [-0.2, 0) is 14.3 Å². The van der Waals surface area contributed by atoms with Crippen LogP contribution >= 0.6 is 0 Å². The summed E-state index contributed by atoms with van der Waals surface area (Å²) in [5.74, 6) is -0.475. The summed E-state index contributed by atoms with van der Waals surface area (Å²) >= 11 is 0. The first-order chi connectivity index (χ1) is 7.52. The van der Waals surface area contributed by atoms with Crippen molar-refractivity contribution in [3.63, 3.8) is 0 Å². The molecule has 0 aliphatic carbocycles. The van der Waals surface area contributed by atoms with E-state index in [-0.39, 0.29) is 32.4 Å². The summed E-state index contributed by atoms with van der Waals surface area (Å²) in [5, 5.41) is 8.51. The number of hydrogen-bond acceptors (Lipinski definition) is 5. The molecule has 0 aromatic carbocycles. The molecule has 1 amide bonds. The minimum absolute atomic E-state index is 0.0785. The number of hydrogen-bond donors (Lipinski definition) is 1. The molecule has 0 saturated heterocycles. The van der Waals surface area contributed by atoms with Crippen molar-refractivity contribution >= 4 is 12.1 Å². The number of esters is 1. The topological polar surface area (TPSA) is 76.1 Å². The second-order valence-electron chi connectivity index (χ2n) is 3.36. The lowest BCUT2D eigenvalue weighted by atomic mass is 10.3. The van der Waals surface area contributed by atoms with Crippen LogP contribution in [0.3, 0.4) is 0 Å². The molecule has 0 atom stereocenters. The molecule has 0 spiro atoms. The number of rotatable bonds is 6. The number of carbonyl (C=O) groups is 2. The van der Waals surface area contributed by atoms with Gasteiger partial charge in [0.1, 0.15) is 13.2 Å². The quantitative estimate of drug-likeness (QED) is 0.671. The van der Waals surface area contributed by atoms with E-state index in [0.717, 1.165) is 0 Å². The van der Waals surface area contributed by atoms with Crippen LogP contribution in [0, 0.1) is 0 Å². The molecule has 1 N–H and O–H groups in total. The fourth-order valence-electron chi connectivity index (χ4n) is 1.02. The van der Waals surface area contributed by atoms with Gasteiger partial charge in [-0.3, -0.25) is 9.69 Å². The Bertz CT molecular complexity index is 229. The van der Waals surface area contributed by atoms with Crippen LogP contribution in [0.4, 0.5) is 4.79 Å². The third kappa shape index (κ3) is 5.55. The SMILES string of the molecule is CCOC(=O)CN(C(=O)OCCO)C(C)C. The lowest BCUT2D eigenvalue weighted by Gasteiger charge is -2.24. The van der Waals surface area contributed by atoms with Gasteiger partial charge in [-0.25, -0.2) is 4.79 Å². The standard InChI is InChI=1S/C10H19NO5/c1-4-15-9(13)7-11(8(2)3)10(14)16-6-5-12/h8,12H,4-7H2,1-3H3. The van der Waals surface area contributed by atoms with Crippen LogP contribution in [0.1, 0.15) is 20.8 Å². The minimum Gasteiger partial charge on any atom is -0.465 e. The van der Waals surface area contributed by atoms with E-state index >= 15 is 0 Å². The van der Waals surface area contributed by atoms with E-state index in [0.29, 0.717) is 0 Å². The summed E-state index contributed by atoms with van der Waals surface area (Å²) in [4.78, 5) is 23.9. The van der Waals surface area contributed by atoms with E-state index in [4.69, 9.17) is 14.6 Å². The van der Waals surface area contributed by atoms with Gasteiger partial charge in [0.25, 0.3) is 0 Å². The van der Waals surface area contributed by atoms with Crippen LogP contribution < -0.4 is 0 Å². The van der Waals surface area contributed by atoms with E-state index in [1.807, 2.05) is 0 Å². The predicted molar refractivity (Wildman–Crippen MR) is 56.9 cm³/mol. The van der Waals surface area contributed by atoms with Crippen molar-refractivity contribution in [1.29, 1.82) is 0 Å². The average Bonchev–Trinajstić information content (AvgIpc) is 2.22. The van der Waals surface area contributed by atoms with Crippen molar-refractivity contribution in [1.82, 2.24) is 4.90 Å². The van der Waals surface area contributed by atoms with Gasteiger partial charge in [-0.2, -0.15) is 0 Å². The van der Waals surface area contributed by atoms with E-state index in [1.54, 1.807) is 20.8 Å². The van der Waals surface area contributed by atoms with Gasteiger partial charge in [0.15, 0.2) is 0 Å². The lowest BCUT2D eigenvalue weighted by Crippen LogP contribution is -2.41. The first-order valence-corrected chi connectivity index (χ1v) is 5.22. The van der Waals surface area contributed by atoms with E-state index < -0.39 is 12.1 Å². The van der Waals surface area contributed by atoms with Gasteiger partial charge < -0.3 is 14.6 Å². The summed E-state index contributed by atoms with van der Waals surface area (Å²) in [5.41, 5.74) is 0. The molecule has 0 heterocycles. The zero-order valence-electron chi connectivity index (χ0n) is 9.93. The molecule has 0 rings (SSSR count). The summed E-state index contributed by atoms with van der Waals surface area (Å²) in [7, 11) is 0. The molecule has 0 aliphatic rings. The molecule has 0 fully saturated rings. The van der Waals surface area contributed by atoms with E-state index in [9.17, 15) is 9.59 Å². The zero-order valence-corrected chi connectivity index (χ0v) is 9.93. The number of nitrogens with zero attached hydrogens (tertiary/aromatic N) is 1. The first kappa shape index (κ1) is 14.7. The fraction of sp³-hybridized carbons (Fsp3) is 0.800. The lowest BCUT2D eigenvalue weighted by molar-refractivity contribution is -0.144. The van der Waals surface area contributed by atoms with Gasteiger partial charge in [-0.1, -0.05) is 0 Å². The van der Waals surface area contributed by atoms with Crippen molar-refractivity contribution in [2.45, 2.75) is 26.8 Å². The molecule has 0 unspecified atom stereocenters. The molecule has 0 aromatic rings. The first-order valence-electron chi connectivity index (χ1n) is 5.22. The predicted octanol–water partition coefficient (Wildman–Crippen LogP) is 0.389. The van der Waals surface area contributed by atoms with Crippen LogP contribution in [0.15, 0.2) is 0 Å². The average molecular weight is 233 g/mol. The number of amides is 1. The largest absolute Gasteiger partial charge is 0.465 e. The molecular formula is C10H19NO5. The summed E-state index contributed by atoms with van der Waals surface area (Å²) in [6.45, 7) is 5.04. The summed E-state index contributed by atoms with van der Waals surface area (Å²) in [6, 6.07) is -0.171. The van der Waals surface area contributed by atoms with Crippen LogP contribution in [0.5, 0.6) is 0 Å². The van der Waals surface area contributed by atoms with Crippen molar-refractivity contribution in [3.8, 4) is 0 Å². The molecule has 6 heteroatoms. The number of ether oxygens (including phenoxy) is 2. The molecule has 94 valence electrons. The monoisotopic (exact) mass is 233 g/mol. The molecule has 0 aliphatic heterocycles. The van der Waals surface area contributed by atoms with Gasteiger partial charge in [-0.15, -0.1) is 0 Å². The van der Waals surface area contributed by atoms with Crippen LogP contribution in [0.25, 0.3) is 0 Å². The molecule has 0 bridgehead atoms. The van der Waals surface area contributed by atoms with E-state index in [2.05, 4.69) is 0 Å². The van der Waals surface area contributed by atoms with Crippen molar-refractivity contribution in [2.75, 3.05) is 26.4 Å². The number of carbonyl (C=O) groups excluding carboxylic acids is 2. The smallest absolute Gasteiger partial charge is 0.410 e. The van der Waals surface area contributed by atoms with Gasteiger partial charge in [0.2, 0.25) is 0 Å². The Kier molecular flexibility index (Phi) is 7.28. The number of aliphatic hydroxyl groups is 1. The summed E-state index contributed by atoms with van der Waals surface area (Å²) < 4.78 is 9.46. The Morgan fingerprint density at radius 3 is 2.38 bits per heavy atom. The Hall–Kier alpha value is -1.30. The Balaban J connectivity index is 4.26. The number of aliphatic hydroxyl groups excluding tert-OH is 1. The molecule has 16 heavy (non-hydrogen) atoms. The Morgan fingerprint density at radius 2 is 1.94 bits per heavy atom. The van der Waals surface area contributed by atoms with Gasteiger partial charge in [0.05, 0.1) is 13.2 Å². The highest BCUT2D eigenvalue weighted by Crippen LogP contribution is 2.02. The fourth-order valence-corrected chi connectivity index (χ4v) is 1.02. The van der Waals surface area contributed by atoms with Crippen molar-refractivity contribution in [2.24, 2.45) is 0 Å². The third-order valence-corrected chi connectivity index (χ3v) is 1.78. The molecule has 0 saturated carbocycles. The minimum atomic E-state index is -0.628. The molecular weight excluding hydrogens is 214 g/mol. The Labute approximate surface area is 95.1 Å². The highest BCUT2D eigenvalue weighted by Gasteiger charge is 2.21. The zero-order chi connectivity index (χ0) is 12.6. The summed E-state index contributed by atoms with van der Waals surface area (Å²) in [6.07, 6.45) is -0.628. The van der Waals surface area contributed by atoms with Crippen molar-refractivity contribution < 1.29 is 24.2 Å². The second-order valence-corrected chi connectivity index (χ2v) is 3.36. The van der Waals surface area contributed by atoms with E-state index in [1.165, 1.54) is 4.90 Å². The highest BCUT2D eigenvalue weighted by molar-refractivity contribution is 5.78. The van der Waals surface area contributed by atoms with Gasteiger partial charge in [0, 0.05) is 6.04 Å². The molecule has 6 nitrogen and oxygen atoms in total. The highest BCUT2D eigenvalue weighted by atomic mass is 16.6.